The summed E-state index contributed by atoms with van der Waals surface area (Å²) in [6.45, 7) is 1.55. The van der Waals surface area contributed by atoms with Gasteiger partial charge in [0.1, 0.15) is 6.61 Å². The zero-order chi connectivity index (χ0) is 16.2. The molecule has 1 aromatic carbocycles. The molecule has 0 saturated carbocycles. The second-order valence-electron chi connectivity index (χ2n) is 4.64. The normalized spacial score (nSPS) is 18.3. The number of rotatable bonds is 7. The zero-order valence-electron chi connectivity index (χ0n) is 11.6. The molecule has 0 aromatic heterocycles. The summed E-state index contributed by atoms with van der Waals surface area (Å²) in [6, 6.07) is 3.23. The van der Waals surface area contributed by atoms with Crippen LogP contribution >= 0.6 is 0 Å². The van der Waals surface area contributed by atoms with Gasteiger partial charge >= 0.3 is 5.69 Å². The molecular weight excluding hydrogens is 316 g/mol. The predicted molar refractivity (Wildman–Crippen MR) is 75.1 cm³/mol. The highest BCUT2D eigenvalue weighted by molar-refractivity contribution is 7.89. The monoisotopic (exact) mass is 332 g/mol. The molecule has 1 saturated heterocycles. The van der Waals surface area contributed by atoms with Crippen LogP contribution in [0.1, 0.15) is 6.42 Å². The number of nitro groups is 1. The van der Waals surface area contributed by atoms with Crippen LogP contribution < -0.4 is 9.88 Å². The van der Waals surface area contributed by atoms with Crippen LogP contribution in [0.5, 0.6) is 5.75 Å². The number of nitrogens with two attached hydrogens (primary N) is 1. The van der Waals surface area contributed by atoms with E-state index in [1.807, 2.05) is 0 Å². The predicted octanol–water partition coefficient (Wildman–Crippen LogP) is 0.427. The molecule has 0 amide bonds. The lowest BCUT2D eigenvalue weighted by molar-refractivity contribution is -0.386. The maximum atomic E-state index is 11.2. The van der Waals surface area contributed by atoms with Gasteiger partial charge < -0.3 is 14.2 Å². The number of nitro benzene ring substituents is 1. The third-order valence-corrected chi connectivity index (χ3v) is 3.95. The van der Waals surface area contributed by atoms with Gasteiger partial charge in [-0.05, 0) is 18.6 Å². The van der Waals surface area contributed by atoms with E-state index in [1.165, 1.54) is 6.07 Å². The molecule has 0 radical (unpaired) electrons. The van der Waals surface area contributed by atoms with Gasteiger partial charge in [-0.1, -0.05) is 0 Å². The lowest BCUT2D eigenvalue weighted by atomic mass is 10.3. The summed E-state index contributed by atoms with van der Waals surface area (Å²) in [5.41, 5.74) is -0.462. The number of benzene rings is 1. The Morgan fingerprint density at radius 1 is 1.41 bits per heavy atom. The number of ether oxygens (including phenoxy) is 3. The van der Waals surface area contributed by atoms with Crippen molar-refractivity contribution in [3.05, 3.63) is 28.3 Å². The van der Waals surface area contributed by atoms with Crippen LogP contribution in [-0.2, 0) is 19.5 Å². The van der Waals surface area contributed by atoms with Gasteiger partial charge in [-0.25, -0.2) is 13.6 Å². The SMILES string of the molecule is NS(=O)(=O)c1ccc(OCCO[C@H]2CCOC2)c([N+](=O)[O-])c1. The summed E-state index contributed by atoms with van der Waals surface area (Å²) in [7, 11) is -4.01. The second-order valence-corrected chi connectivity index (χ2v) is 6.20. The van der Waals surface area contributed by atoms with E-state index < -0.39 is 20.6 Å². The molecule has 1 heterocycles. The summed E-state index contributed by atoms with van der Waals surface area (Å²) in [5, 5.41) is 15.9. The molecule has 1 atom stereocenters. The molecule has 0 spiro atoms. The van der Waals surface area contributed by atoms with Gasteiger partial charge in [0.2, 0.25) is 10.0 Å². The van der Waals surface area contributed by atoms with Crippen molar-refractivity contribution in [2.75, 3.05) is 26.4 Å². The van der Waals surface area contributed by atoms with Crippen molar-refractivity contribution in [2.24, 2.45) is 5.14 Å². The lowest BCUT2D eigenvalue weighted by Gasteiger charge is -2.11. The number of hydrogen-bond donors (Lipinski definition) is 1. The molecule has 0 bridgehead atoms. The average molecular weight is 332 g/mol. The Morgan fingerprint density at radius 2 is 2.18 bits per heavy atom. The van der Waals surface area contributed by atoms with Crippen molar-refractivity contribution in [1.82, 2.24) is 0 Å². The minimum atomic E-state index is -4.01. The molecule has 122 valence electrons. The maximum absolute atomic E-state index is 11.2. The molecule has 0 unspecified atom stereocenters. The maximum Gasteiger partial charge on any atom is 0.312 e. The molecular formula is C12H16N2O7S. The van der Waals surface area contributed by atoms with Gasteiger partial charge in [0.25, 0.3) is 0 Å². The number of primary sulfonamides is 1. The first-order chi connectivity index (χ1) is 10.4. The van der Waals surface area contributed by atoms with E-state index in [0.717, 1.165) is 18.6 Å². The van der Waals surface area contributed by atoms with Crippen molar-refractivity contribution in [3.8, 4) is 5.75 Å². The van der Waals surface area contributed by atoms with Crippen molar-refractivity contribution in [2.45, 2.75) is 17.4 Å². The quantitative estimate of drug-likeness (QED) is 0.435. The van der Waals surface area contributed by atoms with Gasteiger partial charge in [0, 0.05) is 12.7 Å². The van der Waals surface area contributed by atoms with E-state index in [9.17, 15) is 18.5 Å². The van der Waals surface area contributed by atoms with Crippen molar-refractivity contribution >= 4 is 15.7 Å². The Balaban J connectivity index is 1.98. The van der Waals surface area contributed by atoms with Crippen molar-refractivity contribution in [3.63, 3.8) is 0 Å². The first kappa shape index (κ1) is 16.6. The fourth-order valence-electron chi connectivity index (χ4n) is 1.95. The Labute approximate surface area is 127 Å². The Kier molecular flexibility index (Phi) is 5.29. The highest BCUT2D eigenvalue weighted by Gasteiger charge is 2.20. The standard InChI is InChI=1S/C12H16N2O7S/c13-22(17,18)10-1-2-12(11(7-10)14(15)16)21-6-5-20-9-3-4-19-8-9/h1-2,7,9H,3-6,8H2,(H2,13,17,18)/t9-/m0/s1. The van der Waals surface area contributed by atoms with E-state index in [0.29, 0.717) is 13.2 Å². The van der Waals surface area contributed by atoms with Gasteiger partial charge in [-0.2, -0.15) is 0 Å². The summed E-state index contributed by atoms with van der Waals surface area (Å²) in [6.07, 6.45) is 0.826. The second kappa shape index (κ2) is 7.01. The number of sulfonamides is 1. The summed E-state index contributed by atoms with van der Waals surface area (Å²) >= 11 is 0. The van der Waals surface area contributed by atoms with E-state index in [2.05, 4.69) is 0 Å². The van der Waals surface area contributed by atoms with Gasteiger partial charge in [0.15, 0.2) is 5.75 Å². The Bertz CT molecular complexity index is 641. The van der Waals surface area contributed by atoms with Crippen LogP contribution in [0.2, 0.25) is 0 Å². The molecule has 22 heavy (non-hydrogen) atoms. The van der Waals surface area contributed by atoms with E-state index in [1.54, 1.807) is 0 Å². The molecule has 2 rings (SSSR count). The summed E-state index contributed by atoms with van der Waals surface area (Å²) in [5.74, 6) is -0.0383. The van der Waals surface area contributed by atoms with E-state index in [4.69, 9.17) is 19.3 Å². The number of hydrogen-bond acceptors (Lipinski definition) is 7. The third kappa shape index (κ3) is 4.37. The Hall–Kier alpha value is -1.75. The van der Waals surface area contributed by atoms with Crippen molar-refractivity contribution in [1.29, 1.82) is 0 Å². The highest BCUT2D eigenvalue weighted by Crippen LogP contribution is 2.29. The van der Waals surface area contributed by atoms with E-state index in [-0.39, 0.29) is 30.0 Å². The van der Waals surface area contributed by atoms with Crippen LogP contribution in [0, 0.1) is 10.1 Å². The van der Waals surface area contributed by atoms with E-state index >= 15 is 0 Å². The first-order valence-electron chi connectivity index (χ1n) is 6.51. The minimum Gasteiger partial charge on any atom is -0.484 e. The lowest BCUT2D eigenvalue weighted by Crippen LogP contribution is -2.17. The van der Waals surface area contributed by atoms with Crippen LogP contribution in [-0.4, -0.2) is 45.9 Å². The molecule has 1 aliphatic rings. The van der Waals surface area contributed by atoms with Crippen LogP contribution in [0.4, 0.5) is 5.69 Å². The molecule has 1 aliphatic heterocycles. The van der Waals surface area contributed by atoms with Crippen LogP contribution in [0.25, 0.3) is 0 Å². The fraction of sp³-hybridized carbons (Fsp3) is 0.500. The average Bonchev–Trinajstić information content (AvgIpc) is 2.95. The molecule has 10 heteroatoms. The molecule has 2 N–H and O–H groups in total. The molecule has 1 aromatic rings. The topological polar surface area (TPSA) is 131 Å². The van der Waals surface area contributed by atoms with Gasteiger partial charge in [0.05, 0.1) is 29.1 Å². The summed E-state index contributed by atoms with van der Waals surface area (Å²) < 4.78 is 38.3. The number of nitrogens with zero attached hydrogens (tertiary/aromatic N) is 1. The van der Waals surface area contributed by atoms with Crippen molar-refractivity contribution < 1.29 is 27.6 Å². The van der Waals surface area contributed by atoms with Crippen LogP contribution in [0.15, 0.2) is 23.1 Å². The Morgan fingerprint density at radius 3 is 2.77 bits per heavy atom. The smallest absolute Gasteiger partial charge is 0.312 e. The fourth-order valence-corrected chi connectivity index (χ4v) is 2.48. The van der Waals surface area contributed by atoms with Gasteiger partial charge in [-0.3, -0.25) is 10.1 Å². The minimum absolute atomic E-state index is 0.0170. The van der Waals surface area contributed by atoms with Gasteiger partial charge in [-0.15, -0.1) is 0 Å². The summed E-state index contributed by atoms with van der Waals surface area (Å²) in [4.78, 5) is 9.92. The zero-order valence-corrected chi connectivity index (χ0v) is 12.5. The third-order valence-electron chi connectivity index (χ3n) is 3.04. The molecule has 9 nitrogen and oxygen atoms in total. The molecule has 1 fully saturated rings. The largest absolute Gasteiger partial charge is 0.484 e. The first-order valence-corrected chi connectivity index (χ1v) is 8.06. The highest BCUT2D eigenvalue weighted by atomic mass is 32.2. The molecule has 0 aliphatic carbocycles. The van der Waals surface area contributed by atoms with Crippen LogP contribution in [0.3, 0.4) is 0 Å².